The summed E-state index contributed by atoms with van der Waals surface area (Å²) in [6, 6.07) is 4.55. The number of phenols is 1. The molecule has 1 aromatic rings. The van der Waals surface area contributed by atoms with E-state index < -0.39 is 0 Å². The van der Waals surface area contributed by atoms with Crippen LogP contribution in [0.25, 0.3) is 0 Å². The predicted octanol–water partition coefficient (Wildman–Crippen LogP) is 2.70. The molecule has 0 aliphatic carbocycles. The smallest absolute Gasteiger partial charge is 0.135 e. The van der Waals surface area contributed by atoms with Crippen molar-refractivity contribution < 1.29 is 22.2 Å². The van der Waals surface area contributed by atoms with Crippen LogP contribution in [0, 0.1) is 0 Å². The topological polar surface area (TPSA) is 20.2 Å². The summed E-state index contributed by atoms with van der Waals surface area (Å²) < 4.78 is 0. The molecule has 0 atom stereocenters. The molecule has 0 fully saturated rings. The fourth-order valence-corrected chi connectivity index (χ4v) is 0.770. The van der Waals surface area contributed by atoms with Gasteiger partial charge in [0, 0.05) is 28.2 Å². The van der Waals surface area contributed by atoms with Crippen LogP contribution in [0.5, 0.6) is 5.75 Å². The summed E-state index contributed by atoms with van der Waals surface area (Å²) in [5, 5.41) is 9.69. The van der Waals surface area contributed by atoms with E-state index in [9.17, 15) is 0 Å². The van der Waals surface area contributed by atoms with Gasteiger partial charge < -0.3 is 5.11 Å². The van der Waals surface area contributed by atoms with Gasteiger partial charge in [-0.3, -0.25) is 0 Å². The van der Waals surface area contributed by atoms with Crippen LogP contribution in [-0.2, 0) is 17.1 Å². The summed E-state index contributed by atoms with van der Waals surface area (Å²) >= 11 is 11.0. The van der Waals surface area contributed by atoms with Gasteiger partial charge in [-0.25, -0.2) is 0 Å². The van der Waals surface area contributed by atoms with Crippen LogP contribution in [0.2, 0.25) is 10.0 Å². The summed E-state index contributed by atoms with van der Waals surface area (Å²) in [4.78, 5) is 0. The molecule has 0 heterocycles. The van der Waals surface area contributed by atoms with Crippen molar-refractivity contribution in [2.24, 2.45) is 0 Å². The maximum absolute atomic E-state index is 8.88. The first-order valence-electron chi connectivity index (χ1n) is 2.34. The van der Waals surface area contributed by atoms with Gasteiger partial charge in [-0.15, -0.1) is 0 Å². The maximum atomic E-state index is 8.88. The molecule has 0 saturated carbocycles. The molecule has 59 valence electrons. The Morgan fingerprint density at radius 2 is 1.80 bits per heavy atom. The number of aromatic hydroxyl groups is 1. The largest absolute Gasteiger partial charge is 0.506 e. The Morgan fingerprint density at radius 1 is 1.20 bits per heavy atom. The molecule has 10 heavy (non-hydrogen) atoms. The molecule has 0 spiro atoms. The van der Waals surface area contributed by atoms with Gasteiger partial charge in [-0.1, -0.05) is 23.2 Å². The van der Waals surface area contributed by atoms with Gasteiger partial charge >= 0.3 is 0 Å². The maximum Gasteiger partial charge on any atom is 0.135 e. The zero-order chi connectivity index (χ0) is 6.85. The molecule has 0 unspecified atom stereocenters. The van der Waals surface area contributed by atoms with Crippen molar-refractivity contribution in [2.75, 3.05) is 0 Å². The minimum Gasteiger partial charge on any atom is -0.506 e. The van der Waals surface area contributed by atoms with E-state index in [4.69, 9.17) is 28.3 Å². The van der Waals surface area contributed by atoms with Crippen LogP contribution in [0.3, 0.4) is 0 Å². The second-order valence-corrected chi connectivity index (χ2v) is 2.44. The molecule has 1 radical (unpaired) electrons. The number of phenolic OH excluding ortho intramolecular Hbond substituents is 1. The molecule has 0 amide bonds. The van der Waals surface area contributed by atoms with Crippen LogP contribution in [0.15, 0.2) is 18.2 Å². The number of halogens is 2. The number of hydrogen-bond acceptors (Lipinski definition) is 1. The van der Waals surface area contributed by atoms with E-state index in [0.29, 0.717) is 10.0 Å². The van der Waals surface area contributed by atoms with Gasteiger partial charge in [0.1, 0.15) is 5.75 Å². The van der Waals surface area contributed by atoms with E-state index in [1.165, 1.54) is 6.07 Å². The summed E-state index contributed by atoms with van der Waals surface area (Å²) in [6.45, 7) is 0. The van der Waals surface area contributed by atoms with Crippen molar-refractivity contribution in [3.05, 3.63) is 28.2 Å². The van der Waals surface area contributed by atoms with Gasteiger partial charge in [-0.05, 0) is 12.1 Å². The van der Waals surface area contributed by atoms with Gasteiger partial charge in [0.25, 0.3) is 0 Å². The Labute approximate surface area is 79.4 Å². The Hall–Kier alpha value is 0.119. The van der Waals surface area contributed by atoms with Crippen molar-refractivity contribution in [3.8, 4) is 5.75 Å². The monoisotopic (exact) mass is 225 g/mol. The Morgan fingerprint density at radius 3 is 2.20 bits per heavy atom. The first-order valence-corrected chi connectivity index (χ1v) is 3.10. The van der Waals surface area contributed by atoms with Crippen molar-refractivity contribution >= 4 is 23.2 Å². The standard InChI is InChI=1S/C6H4Cl2O.Cu/c7-4-1-2-5(8)6(9)3-4;/h1-3,9H;. The van der Waals surface area contributed by atoms with Crippen LogP contribution >= 0.6 is 23.2 Å². The van der Waals surface area contributed by atoms with Crippen molar-refractivity contribution in [2.45, 2.75) is 0 Å². The van der Waals surface area contributed by atoms with E-state index in [0.717, 1.165) is 0 Å². The van der Waals surface area contributed by atoms with Gasteiger partial charge in [0.05, 0.1) is 5.02 Å². The van der Waals surface area contributed by atoms with Crippen LogP contribution in [0.1, 0.15) is 0 Å². The van der Waals surface area contributed by atoms with E-state index in [2.05, 4.69) is 0 Å². The third-order valence-corrected chi connectivity index (χ3v) is 1.46. The summed E-state index contributed by atoms with van der Waals surface area (Å²) in [6.07, 6.45) is 0. The Kier molecular flexibility index (Phi) is 4.14. The second-order valence-electron chi connectivity index (χ2n) is 1.60. The molecular weight excluding hydrogens is 223 g/mol. The van der Waals surface area contributed by atoms with Crippen molar-refractivity contribution in [3.63, 3.8) is 0 Å². The first kappa shape index (κ1) is 10.1. The Bertz CT molecular complexity index is 227. The molecule has 0 saturated heterocycles. The van der Waals surface area contributed by atoms with Gasteiger partial charge in [-0.2, -0.15) is 0 Å². The quantitative estimate of drug-likeness (QED) is 0.675. The van der Waals surface area contributed by atoms with Crippen LogP contribution < -0.4 is 0 Å². The minimum atomic E-state index is 0. The van der Waals surface area contributed by atoms with E-state index in [1.807, 2.05) is 0 Å². The number of benzene rings is 1. The van der Waals surface area contributed by atoms with Crippen LogP contribution in [0.4, 0.5) is 0 Å². The molecular formula is C6H4Cl2CuO. The summed E-state index contributed by atoms with van der Waals surface area (Å²) in [5.41, 5.74) is 0. The molecule has 0 aromatic heterocycles. The molecule has 0 aliphatic heterocycles. The number of hydrogen-bond donors (Lipinski definition) is 1. The molecule has 0 aliphatic rings. The van der Waals surface area contributed by atoms with Crippen LogP contribution in [-0.4, -0.2) is 5.11 Å². The van der Waals surface area contributed by atoms with Gasteiger partial charge in [0.2, 0.25) is 0 Å². The summed E-state index contributed by atoms with van der Waals surface area (Å²) in [7, 11) is 0. The van der Waals surface area contributed by atoms with E-state index in [1.54, 1.807) is 12.1 Å². The zero-order valence-corrected chi connectivity index (χ0v) is 7.19. The first-order chi connectivity index (χ1) is 4.20. The van der Waals surface area contributed by atoms with E-state index in [-0.39, 0.29) is 22.8 Å². The average Bonchev–Trinajstić information content (AvgIpc) is 1.80. The second kappa shape index (κ2) is 4.09. The third kappa shape index (κ3) is 2.39. The zero-order valence-electron chi connectivity index (χ0n) is 4.74. The van der Waals surface area contributed by atoms with Crippen molar-refractivity contribution in [1.82, 2.24) is 0 Å². The van der Waals surface area contributed by atoms with E-state index >= 15 is 0 Å². The molecule has 1 rings (SSSR count). The molecule has 1 N–H and O–H groups in total. The molecule has 4 heteroatoms. The van der Waals surface area contributed by atoms with Gasteiger partial charge in [0.15, 0.2) is 0 Å². The molecule has 1 aromatic carbocycles. The SMILES string of the molecule is Oc1cc(Cl)ccc1Cl.[Cu]. The Balaban J connectivity index is 0.000000810. The fourth-order valence-electron chi connectivity index (χ4n) is 0.486. The van der Waals surface area contributed by atoms with Crippen molar-refractivity contribution in [1.29, 1.82) is 0 Å². The number of rotatable bonds is 0. The summed E-state index contributed by atoms with van der Waals surface area (Å²) in [5.74, 6) is 0.0177. The molecule has 0 bridgehead atoms. The third-order valence-electron chi connectivity index (χ3n) is 0.908. The molecule has 1 nitrogen and oxygen atoms in total. The predicted molar refractivity (Wildman–Crippen MR) is 38.1 cm³/mol. The normalized spacial score (nSPS) is 8.60. The fraction of sp³-hybridized carbons (Fsp3) is 0. The average molecular weight is 227 g/mol. The minimum absolute atomic E-state index is 0.